The van der Waals surface area contributed by atoms with Gasteiger partial charge in [-0.3, -0.25) is 9.59 Å². The normalized spacial score (nSPS) is 10.6. The standard InChI is InChI=1S/C20H19BrN2O4/c1-12-9-15(13(2)26-12)11-22-19(24)10-14-3-5-16(6-4-14)23-20(25)17-7-8-18(21)27-17/h3-9H,10-11H2,1-2H3,(H,22,24)(H,23,25). The Morgan fingerprint density at radius 1 is 1.04 bits per heavy atom. The number of amides is 2. The molecule has 0 aliphatic carbocycles. The maximum Gasteiger partial charge on any atom is 0.291 e. The third-order valence-corrected chi connectivity index (χ3v) is 4.42. The molecule has 0 unspecified atom stereocenters. The van der Waals surface area contributed by atoms with E-state index in [2.05, 4.69) is 26.6 Å². The highest BCUT2D eigenvalue weighted by Gasteiger charge is 2.11. The summed E-state index contributed by atoms with van der Waals surface area (Å²) in [5.41, 5.74) is 2.45. The number of nitrogens with one attached hydrogen (secondary N) is 2. The van der Waals surface area contributed by atoms with E-state index in [0.29, 0.717) is 16.9 Å². The van der Waals surface area contributed by atoms with Crippen LogP contribution in [0.4, 0.5) is 5.69 Å². The molecule has 3 aromatic rings. The third kappa shape index (κ3) is 5.10. The van der Waals surface area contributed by atoms with Gasteiger partial charge in [0.25, 0.3) is 5.91 Å². The molecule has 140 valence electrons. The van der Waals surface area contributed by atoms with Crippen molar-refractivity contribution in [3.63, 3.8) is 0 Å². The summed E-state index contributed by atoms with van der Waals surface area (Å²) in [6, 6.07) is 12.3. The van der Waals surface area contributed by atoms with Crippen LogP contribution in [0.15, 0.2) is 56.0 Å². The van der Waals surface area contributed by atoms with Crippen molar-refractivity contribution in [2.24, 2.45) is 0 Å². The lowest BCUT2D eigenvalue weighted by Crippen LogP contribution is -2.24. The number of halogens is 1. The minimum atomic E-state index is -0.336. The molecule has 3 rings (SSSR count). The SMILES string of the molecule is Cc1cc(CNC(=O)Cc2ccc(NC(=O)c3ccc(Br)o3)cc2)c(C)o1. The summed E-state index contributed by atoms with van der Waals surface area (Å²) in [6.07, 6.45) is 0.259. The van der Waals surface area contributed by atoms with Crippen molar-refractivity contribution in [1.82, 2.24) is 5.32 Å². The molecule has 0 bridgehead atoms. The fraction of sp³-hybridized carbons (Fsp3) is 0.200. The fourth-order valence-corrected chi connectivity index (χ4v) is 2.94. The van der Waals surface area contributed by atoms with E-state index in [1.54, 1.807) is 36.4 Å². The van der Waals surface area contributed by atoms with E-state index < -0.39 is 0 Å². The minimum Gasteiger partial charge on any atom is -0.466 e. The maximum atomic E-state index is 12.1. The van der Waals surface area contributed by atoms with Crippen LogP contribution in [0.5, 0.6) is 0 Å². The molecule has 2 N–H and O–H groups in total. The van der Waals surface area contributed by atoms with Crippen LogP contribution >= 0.6 is 15.9 Å². The van der Waals surface area contributed by atoms with E-state index in [-0.39, 0.29) is 24.0 Å². The van der Waals surface area contributed by atoms with Crippen LogP contribution in [0.1, 0.15) is 33.2 Å². The lowest BCUT2D eigenvalue weighted by atomic mass is 10.1. The van der Waals surface area contributed by atoms with E-state index in [1.807, 2.05) is 19.9 Å². The lowest BCUT2D eigenvalue weighted by molar-refractivity contribution is -0.120. The summed E-state index contributed by atoms with van der Waals surface area (Å²) in [5.74, 6) is 1.45. The first kappa shape index (κ1) is 19.0. The molecule has 2 amide bonds. The van der Waals surface area contributed by atoms with E-state index >= 15 is 0 Å². The molecular formula is C20H19BrN2O4. The minimum absolute atomic E-state index is 0.0783. The van der Waals surface area contributed by atoms with E-state index in [4.69, 9.17) is 8.83 Å². The molecule has 27 heavy (non-hydrogen) atoms. The number of hydrogen-bond acceptors (Lipinski definition) is 4. The summed E-state index contributed by atoms with van der Waals surface area (Å²) in [7, 11) is 0. The Hall–Kier alpha value is -2.80. The van der Waals surface area contributed by atoms with Gasteiger partial charge in [-0.2, -0.15) is 0 Å². The first-order chi connectivity index (χ1) is 12.9. The number of benzene rings is 1. The van der Waals surface area contributed by atoms with Crippen molar-refractivity contribution < 1.29 is 18.4 Å². The zero-order valence-electron chi connectivity index (χ0n) is 15.0. The Bertz CT molecular complexity index is 957. The molecule has 0 atom stereocenters. The van der Waals surface area contributed by atoms with Gasteiger partial charge >= 0.3 is 0 Å². The van der Waals surface area contributed by atoms with Gasteiger partial charge in [0.15, 0.2) is 10.4 Å². The smallest absolute Gasteiger partial charge is 0.291 e. The van der Waals surface area contributed by atoms with Gasteiger partial charge in [0.2, 0.25) is 5.91 Å². The topological polar surface area (TPSA) is 84.5 Å². The zero-order valence-corrected chi connectivity index (χ0v) is 16.6. The first-order valence-corrected chi connectivity index (χ1v) is 9.18. The van der Waals surface area contributed by atoms with Crippen molar-refractivity contribution >= 4 is 33.4 Å². The molecular weight excluding hydrogens is 412 g/mol. The summed E-state index contributed by atoms with van der Waals surface area (Å²) in [6.45, 7) is 4.20. The summed E-state index contributed by atoms with van der Waals surface area (Å²) in [5, 5.41) is 5.63. The van der Waals surface area contributed by atoms with Gasteiger partial charge in [0, 0.05) is 17.8 Å². The van der Waals surface area contributed by atoms with Crippen LogP contribution in [0.3, 0.4) is 0 Å². The van der Waals surface area contributed by atoms with Gasteiger partial charge in [0.1, 0.15) is 11.5 Å². The summed E-state index contributed by atoms with van der Waals surface area (Å²) < 4.78 is 11.2. The predicted octanol–water partition coefficient (Wildman–Crippen LogP) is 4.36. The number of carbonyl (C=O) groups is 2. The first-order valence-electron chi connectivity index (χ1n) is 8.39. The second-order valence-electron chi connectivity index (χ2n) is 6.15. The molecule has 0 fully saturated rings. The third-order valence-electron chi connectivity index (χ3n) is 3.99. The van der Waals surface area contributed by atoms with Crippen LogP contribution in [0, 0.1) is 13.8 Å². The van der Waals surface area contributed by atoms with Crippen molar-refractivity contribution in [3.05, 3.63) is 75.5 Å². The molecule has 0 radical (unpaired) electrons. The van der Waals surface area contributed by atoms with Crippen molar-refractivity contribution in [1.29, 1.82) is 0 Å². The number of aryl methyl sites for hydroxylation is 2. The van der Waals surface area contributed by atoms with Crippen LogP contribution in [0.25, 0.3) is 0 Å². The monoisotopic (exact) mass is 430 g/mol. The molecule has 0 aliphatic heterocycles. The van der Waals surface area contributed by atoms with Gasteiger partial charge in [-0.25, -0.2) is 0 Å². The Kier molecular flexibility index (Phi) is 5.81. The number of anilines is 1. The van der Waals surface area contributed by atoms with Crippen molar-refractivity contribution in [2.45, 2.75) is 26.8 Å². The van der Waals surface area contributed by atoms with Gasteiger partial charge in [-0.1, -0.05) is 12.1 Å². The molecule has 0 saturated carbocycles. The van der Waals surface area contributed by atoms with E-state index in [1.165, 1.54) is 0 Å². The molecule has 7 heteroatoms. The highest BCUT2D eigenvalue weighted by Crippen LogP contribution is 2.17. The summed E-state index contributed by atoms with van der Waals surface area (Å²) in [4.78, 5) is 24.2. The van der Waals surface area contributed by atoms with E-state index in [9.17, 15) is 9.59 Å². The summed E-state index contributed by atoms with van der Waals surface area (Å²) >= 11 is 3.16. The Balaban J connectivity index is 1.51. The largest absolute Gasteiger partial charge is 0.466 e. The number of rotatable bonds is 6. The van der Waals surface area contributed by atoms with Crippen molar-refractivity contribution in [3.8, 4) is 0 Å². The Morgan fingerprint density at radius 2 is 1.78 bits per heavy atom. The fourth-order valence-electron chi connectivity index (χ4n) is 2.64. The van der Waals surface area contributed by atoms with Crippen molar-refractivity contribution in [2.75, 3.05) is 5.32 Å². The Labute approximate surface area is 165 Å². The highest BCUT2D eigenvalue weighted by atomic mass is 79.9. The number of furan rings is 2. The van der Waals surface area contributed by atoms with Crippen LogP contribution in [-0.2, 0) is 17.8 Å². The van der Waals surface area contributed by atoms with Crippen LogP contribution < -0.4 is 10.6 Å². The maximum absolute atomic E-state index is 12.1. The van der Waals surface area contributed by atoms with Crippen LogP contribution in [0.2, 0.25) is 0 Å². The molecule has 2 heterocycles. The zero-order chi connectivity index (χ0) is 19.4. The lowest BCUT2D eigenvalue weighted by Gasteiger charge is -2.07. The molecule has 0 spiro atoms. The highest BCUT2D eigenvalue weighted by molar-refractivity contribution is 9.10. The quantitative estimate of drug-likeness (QED) is 0.608. The number of carbonyl (C=O) groups excluding carboxylic acids is 2. The average molecular weight is 431 g/mol. The molecule has 6 nitrogen and oxygen atoms in total. The van der Waals surface area contributed by atoms with E-state index in [0.717, 1.165) is 22.6 Å². The second kappa shape index (κ2) is 8.26. The molecule has 0 aliphatic rings. The van der Waals surface area contributed by atoms with Crippen LogP contribution in [-0.4, -0.2) is 11.8 Å². The predicted molar refractivity (Wildman–Crippen MR) is 105 cm³/mol. The van der Waals surface area contributed by atoms with Gasteiger partial charge in [-0.05, 0) is 65.7 Å². The van der Waals surface area contributed by atoms with Gasteiger partial charge in [-0.15, -0.1) is 0 Å². The van der Waals surface area contributed by atoms with Gasteiger partial charge < -0.3 is 19.5 Å². The second-order valence-corrected chi connectivity index (χ2v) is 6.93. The molecule has 1 aromatic carbocycles. The average Bonchev–Trinajstić information content (AvgIpc) is 3.20. The van der Waals surface area contributed by atoms with Gasteiger partial charge in [0.05, 0.1) is 6.42 Å². The molecule has 0 saturated heterocycles. The number of hydrogen-bond donors (Lipinski definition) is 2. The molecule has 2 aromatic heterocycles. The Morgan fingerprint density at radius 3 is 2.37 bits per heavy atom.